The Morgan fingerprint density at radius 2 is 1.82 bits per heavy atom. The van der Waals surface area contributed by atoms with E-state index in [1.807, 2.05) is 6.07 Å². The first-order valence-corrected chi connectivity index (χ1v) is 8.90. The lowest BCUT2D eigenvalue weighted by molar-refractivity contribution is -0.143. The topological polar surface area (TPSA) is 90.9 Å². The number of hydrogen-bond donors (Lipinski definition) is 1. The summed E-state index contributed by atoms with van der Waals surface area (Å²) in [5.41, 5.74) is 1.30. The lowest BCUT2D eigenvalue weighted by Gasteiger charge is -2.11. The Morgan fingerprint density at radius 1 is 1.11 bits per heavy atom. The normalized spacial score (nSPS) is 18.2. The molecule has 0 saturated carbocycles. The van der Waals surface area contributed by atoms with Gasteiger partial charge in [0.1, 0.15) is 24.5 Å². The fourth-order valence-corrected chi connectivity index (χ4v) is 2.84. The summed E-state index contributed by atoms with van der Waals surface area (Å²) in [5.74, 6) is -0.492. The first kappa shape index (κ1) is 19.4. The minimum atomic E-state index is -0.691. The molecular formula is C21H21NO6. The van der Waals surface area contributed by atoms with Crippen LogP contribution in [0.3, 0.4) is 0 Å². The van der Waals surface area contributed by atoms with Crippen molar-refractivity contribution in [2.24, 2.45) is 0 Å². The zero-order chi connectivity index (χ0) is 19.9. The number of amides is 1. The molecule has 1 fully saturated rings. The molecule has 0 spiro atoms. The standard InChI is InChI=1S/C21H21NO6/c1-26-19(23)11-14-7-9-16(10-8-14)27-13-17-12-18(21(25)28-17)22-20(24)15-5-3-2-4-6-15/h2-10,17-18H,11-13H2,1H3,(H,22,24)/t17-,18-/m1/s1. The maximum absolute atomic E-state index is 12.2. The lowest BCUT2D eigenvalue weighted by Crippen LogP contribution is -2.38. The van der Waals surface area contributed by atoms with Gasteiger partial charge in [0.05, 0.1) is 13.5 Å². The quantitative estimate of drug-likeness (QED) is 0.735. The van der Waals surface area contributed by atoms with Crippen LogP contribution < -0.4 is 10.1 Å². The summed E-state index contributed by atoms with van der Waals surface area (Å²) in [4.78, 5) is 35.4. The molecule has 0 radical (unpaired) electrons. The Labute approximate surface area is 162 Å². The van der Waals surface area contributed by atoms with Crippen LogP contribution in [0.4, 0.5) is 0 Å². The van der Waals surface area contributed by atoms with E-state index in [0.717, 1.165) is 5.56 Å². The van der Waals surface area contributed by atoms with Crippen LogP contribution in [0.5, 0.6) is 5.75 Å². The van der Waals surface area contributed by atoms with E-state index in [0.29, 0.717) is 17.7 Å². The summed E-state index contributed by atoms with van der Waals surface area (Å²) in [6.45, 7) is 0.180. The van der Waals surface area contributed by atoms with E-state index >= 15 is 0 Å². The third-order valence-corrected chi connectivity index (χ3v) is 4.34. The van der Waals surface area contributed by atoms with Crippen LogP contribution in [0.2, 0.25) is 0 Å². The number of carbonyl (C=O) groups excluding carboxylic acids is 3. The van der Waals surface area contributed by atoms with Crippen molar-refractivity contribution in [2.75, 3.05) is 13.7 Å². The van der Waals surface area contributed by atoms with Gasteiger partial charge in [-0.2, -0.15) is 0 Å². The van der Waals surface area contributed by atoms with Crippen LogP contribution in [-0.2, 0) is 25.5 Å². The van der Waals surface area contributed by atoms with Crippen LogP contribution in [0.1, 0.15) is 22.3 Å². The number of cyclic esters (lactones) is 1. The molecule has 0 bridgehead atoms. The summed E-state index contributed by atoms with van der Waals surface area (Å²) in [6, 6.07) is 15.0. The van der Waals surface area contributed by atoms with Gasteiger partial charge in [0, 0.05) is 12.0 Å². The van der Waals surface area contributed by atoms with Crippen LogP contribution >= 0.6 is 0 Å². The highest BCUT2D eigenvalue weighted by molar-refractivity contribution is 5.97. The molecule has 0 aliphatic carbocycles. The van der Waals surface area contributed by atoms with Crippen LogP contribution in [0, 0.1) is 0 Å². The fourth-order valence-electron chi connectivity index (χ4n) is 2.84. The number of hydrogen-bond acceptors (Lipinski definition) is 6. The number of carbonyl (C=O) groups is 3. The molecule has 3 rings (SSSR count). The second-order valence-corrected chi connectivity index (χ2v) is 6.39. The molecule has 1 N–H and O–H groups in total. The van der Waals surface area contributed by atoms with Crippen molar-refractivity contribution in [3.05, 3.63) is 65.7 Å². The number of ether oxygens (including phenoxy) is 3. The van der Waals surface area contributed by atoms with Crippen molar-refractivity contribution in [2.45, 2.75) is 25.0 Å². The van der Waals surface area contributed by atoms with Gasteiger partial charge >= 0.3 is 11.9 Å². The Morgan fingerprint density at radius 3 is 2.50 bits per heavy atom. The molecule has 1 aliphatic heterocycles. The Hall–Kier alpha value is -3.35. The van der Waals surface area contributed by atoms with E-state index in [1.165, 1.54) is 7.11 Å². The molecule has 2 atom stereocenters. The molecule has 7 heteroatoms. The van der Waals surface area contributed by atoms with Gasteiger partial charge in [0.15, 0.2) is 0 Å². The van der Waals surface area contributed by atoms with Crippen molar-refractivity contribution in [1.29, 1.82) is 0 Å². The van der Waals surface area contributed by atoms with Crippen LogP contribution in [-0.4, -0.2) is 43.7 Å². The summed E-state index contributed by atoms with van der Waals surface area (Å²) in [7, 11) is 1.35. The van der Waals surface area contributed by atoms with Crippen molar-refractivity contribution < 1.29 is 28.6 Å². The Balaban J connectivity index is 1.48. The largest absolute Gasteiger partial charge is 0.490 e. The molecule has 1 aliphatic rings. The maximum atomic E-state index is 12.2. The van der Waals surface area contributed by atoms with E-state index in [2.05, 4.69) is 10.1 Å². The van der Waals surface area contributed by atoms with Gasteiger partial charge in [-0.1, -0.05) is 30.3 Å². The highest BCUT2D eigenvalue weighted by Gasteiger charge is 2.36. The van der Waals surface area contributed by atoms with Gasteiger partial charge < -0.3 is 19.5 Å². The fraction of sp³-hybridized carbons (Fsp3) is 0.286. The van der Waals surface area contributed by atoms with Crippen LogP contribution in [0.15, 0.2) is 54.6 Å². The maximum Gasteiger partial charge on any atom is 0.329 e. The van der Waals surface area contributed by atoms with Gasteiger partial charge in [-0.15, -0.1) is 0 Å². The first-order chi connectivity index (χ1) is 13.5. The van der Waals surface area contributed by atoms with E-state index in [-0.39, 0.29) is 24.9 Å². The van der Waals surface area contributed by atoms with E-state index in [9.17, 15) is 14.4 Å². The van der Waals surface area contributed by atoms with E-state index < -0.39 is 18.1 Å². The molecular weight excluding hydrogens is 362 g/mol. The monoisotopic (exact) mass is 383 g/mol. The molecule has 0 unspecified atom stereocenters. The summed E-state index contributed by atoms with van der Waals surface area (Å²) in [6.07, 6.45) is 0.0980. The average Bonchev–Trinajstić information content (AvgIpc) is 3.07. The molecule has 28 heavy (non-hydrogen) atoms. The number of methoxy groups -OCH3 is 1. The van der Waals surface area contributed by atoms with E-state index in [1.54, 1.807) is 48.5 Å². The third-order valence-electron chi connectivity index (χ3n) is 4.34. The highest BCUT2D eigenvalue weighted by Crippen LogP contribution is 2.19. The van der Waals surface area contributed by atoms with Gasteiger partial charge in [0.2, 0.25) is 0 Å². The molecule has 1 amide bonds. The molecule has 1 saturated heterocycles. The number of benzene rings is 2. The van der Waals surface area contributed by atoms with Crippen molar-refractivity contribution in [3.8, 4) is 5.75 Å². The van der Waals surface area contributed by atoms with Crippen molar-refractivity contribution in [3.63, 3.8) is 0 Å². The molecule has 146 valence electrons. The Kier molecular flexibility index (Phi) is 6.26. The minimum Gasteiger partial charge on any atom is -0.490 e. The minimum absolute atomic E-state index is 0.180. The second kappa shape index (κ2) is 9.03. The molecule has 1 heterocycles. The molecule has 0 aromatic heterocycles. The summed E-state index contributed by atoms with van der Waals surface area (Å²) < 4.78 is 15.6. The number of rotatable bonds is 7. The number of esters is 2. The SMILES string of the molecule is COC(=O)Cc1ccc(OC[C@H]2C[C@@H](NC(=O)c3ccccc3)C(=O)O2)cc1. The highest BCUT2D eigenvalue weighted by atomic mass is 16.6. The predicted octanol–water partition coefficient (Wildman–Crippen LogP) is 1.89. The molecule has 2 aromatic rings. The van der Waals surface area contributed by atoms with Gasteiger partial charge in [-0.05, 0) is 29.8 Å². The lowest BCUT2D eigenvalue weighted by atomic mass is 10.1. The zero-order valence-corrected chi connectivity index (χ0v) is 15.4. The first-order valence-electron chi connectivity index (χ1n) is 8.90. The predicted molar refractivity (Wildman–Crippen MR) is 99.9 cm³/mol. The summed E-state index contributed by atoms with van der Waals surface area (Å²) in [5, 5.41) is 2.69. The molecule has 2 aromatic carbocycles. The third kappa shape index (κ3) is 5.09. The van der Waals surface area contributed by atoms with Crippen molar-refractivity contribution >= 4 is 17.8 Å². The summed E-state index contributed by atoms with van der Waals surface area (Å²) >= 11 is 0. The Bertz CT molecular complexity index is 834. The van der Waals surface area contributed by atoms with Gasteiger partial charge in [-0.25, -0.2) is 4.79 Å². The van der Waals surface area contributed by atoms with Gasteiger partial charge in [-0.3, -0.25) is 9.59 Å². The zero-order valence-electron chi connectivity index (χ0n) is 15.4. The molecule has 7 nitrogen and oxygen atoms in total. The van der Waals surface area contributed by atoms with Gasteiger partial charge in [0.25, 0.3) is 5.91 Å². The van der Waals surface area contributed by atoms with Crippen LogP contribution in [0.25, 0.3) is 0 Å². The average molecular weight is 383 g/mol. The smallest absolute Gasteiger partial charge is 0.329 e. The van der Waals surface area contributed by atoms with E-state index in [4.69, 9.17) is 9.47 Å². The van der Waals surface area contributed by atoms with Crippen molar-refractivity contribution in [1.82, 2.24) is 5.32 Å². The number of nitrogens with one attached hydrogen (secondary N) is 1. The second-order valence-electron chi connectivity index (χ2n) is 6.39.